The molecule has 0 saturated heterocycles. The second-order valence-corrected chi connectivity index (χ2v) is 5.56. The van der Waals surface area contributed by atoms with Crippen molar-refractivity contribution < 1.29 is 19.1 Å². The van der Waals surface area contributed by atoms with Crippen molar-refractivity contribution in [3.05, 3.63) is 34.3 Å². The van der Waals surface area contributed by atoms with Gasteiger partial charge >= 0.3 is 12.1 Å². The molecule has 0 atom stereocenters. The number of halogens is 1. The summed E-state index contributed by atoms with van der Waals surface area (Å²) in [6.45, 7) is 5.56. The Hall–Kier alpha value is -1.75. The number of carbonyl (C=O) groups is 2. The van der Waals surface area contributed by atoms with Gasteiger partial charge in [-0.25, -0.2) is 9.59 Å². The van der Waals surface area contributed by atoms with Gasteiger partial charge in [-0.2, -0.15) is 0 Å². The highest BCUT2D eigenvalue weighted by Crippen LogP contribution is 2.18. The van der Waals surface area contributed by atoms with Crippen molar-refractivity contribution in [2.24, 2.45) is 0 Å². The molecule has 1 N–H and O–H groups in total. The molecule has 110 valence electrons. The van der Waals surface area contributed by atoms with Gasteiger partial charge < -0.3 is 14.8 Å². The molecule has 0 aliphatic carbocycles. The van der Waals surface area contributed by atoms with Crippen LogP contribution in [0.15, 0.2) is 18.2 Å². The van der Waals surface area contributed by atoms with Crippen LogP contribution in [0.1, 0.15) is 36.7 Å². The number of alkyl carbamates (subject to hydrolysis) is 1. The maximum atomic E-state index is 11.5. The number of hydrogen-bond acceptors (Lipinski definition) is 4. The molecule has 1 aromatic rings. The van der Waals surface area contributed by atoms with Gasteiger partial charge in [0, 0.05) is 11.6 Å². The first-order chi connectivity index (χ1) is 9.23. The molecular formula is C14H18ClNO4. The molecule has 0 spiro atoms. The smallest absolute Gasteiger partial charge is 0.407 e. The summed E-state index contributed by atoms with van der Waals surface area (Å²) in [6.07, 6.45) is -0.523. The molecule has 1 rings (SSSR count). The van der Waals surface area contributed by atoms with E-state index >= 15 is 0 Å². The zero-order valence-electron chi connectivity index (χ0n) is 12.0. The molecule has 0 aromatic heterocycles. The zero-order valence-corrected chi connectivity index (χ0v) is 12.7. The Kier molecular flexibility index (Phi) is 5.39. The number of methoxy groups -OCH3 is 1. The molecule has 20 heavy (non-hydrogen) atoms. The van der Waals surface area contributed by atoms with Gasteiger partial charge in [-0.3, -0.25) is 0 Å². The van der Waals surface area contributed by atoms with E-state index in [0.29, 0.717) is 16.1 Å². The summed E-state index contributed by atoms with van der Waals surface area (Å²) in [5, 5.41) is 2.98. The van der Waals surface area contributed by atoms with Crippen LogP contribution in [0.4, 0.5) is 4.79 Å². The Bertz CT molecular complexity index is 508. The van der Waals surface area contributed by atoms with Crippen molar-refractivity contribution >= 4 is 23.7 Å². The van der Waals surface area contributed by atoms with Gasteiger partial charge in [0.1, 0.15) is 5.60 Å². The van der Waals surface area contributed by atoms with Crippen LogP contribution in [0.3, 0.4) is 0 Å². The normalized spacial score (nSPS) is 10.8. The third-order valence-corrected chi connectivity index (χ3v) is 2.65. The molecule has 0 radical (unpaired) electrons. The average molecular weight is 300 g/mol. The van der Waals surface area contributed by atoms with Gasteiger partial charge in [0.15, 0.2) is 0 Å². The Morgan fingerprint density at radius 2 is 1.95 bits per heavy atom. The molecule has 0 heterocycles. The predicted octanol–water partition coefficient (Wildman–Crippen LogP) is 3.15. The van der Waals surface area contributed by atoms with Crippen LogP contribution in [-0.4, -0.2) is 24.8 Å². The average Bonchev–Trinajstić information content (AvgIpc) is 2.34. The van der Waals surface area contributed by atoms with Crippen LogP contribution in [-0.2, 0) is 16.0 Å². The number of amides is 1. The van der Waals surface area contributed by atoms with E-state index in [4.69, 9.17) is 16.3 Å². The van der Waals surface area contributed by atoms with E-state index in [9.17, 15) is 9.59 Å². The quantitative estimate of drug-likeness (QED) is 0.871. The first-order valence-corrected chi connectivity index (χ1v) is 6.44. The first-order valence-electron chi connectivity index (χ1n) is 6.06. The third-order valence-electron chi connectivity index (χ3n) is 2.30. The maximum Gasteiger partial charge on any atom is 0.407 e. The largest absolute Gasteiger partial charge is 0.465 e. The van der Waals surface area contributed by atoms with Crippen LogP contribution < -0.4 is 5.32 Å². The summed E-state index contributed by atoms with van der Waals surface area (Å²) < 4.78 is 9.71. The molecule has 0 fully saturated rings. The third kappa shape index (κ3) is 5.09. The van der Waals surface area contributed by atoms with Crippen molar-refractivity contribution in [1.82, 2.24) is 5.32 Å². The van der Waals surface area contributed by atoms with Crippen LogP contribution in [0.25, 0.3) is 0 Å². The van der Waals surface area contributed by atoms with E-state index in [0.717, 1.165) is 0 Å². The van der Waals surface area contributed by atoms with E-state index in [1.807, 2.05) is 0 Å². The molecule has 0 saturated carbocycles. The SMILES string of the molecule is COC(=O)c1ccc(CNC(=O)OC(C)(C)C)c(Cl)c1. The monoisotopic (exact) mass is 299 g/mol. The van der Waals surface area contributed by atoms with Gasteiger partial charge in [-0.15, -0.1) is 0 Å². The molecule has 0 unspecified atom stereocenters. The van der Waals surface area contributed by atoms with Crippen molar-refractivity contribution in [1.29, 1.82) is 0 Å². The lowest BCUT2D eigenvalue weighted by molar-refractivity contribution is 0.0522. The summed E-state index contributed by atoms with van der Waals surface area (Å²) in [6, 6.07) is 4.75. The summed E-state index contributed by atoms with van der Waals surface area (Å²) in [5.74, 6) is -0.460. The first kappa shape index (κ1) is 16.3. The lowest BCUT2D eigenvalue weighted by atomic mass is 10.1. The fraction of sp³-hybridized carbons (Fsp3) is 0.429. The summed E-state index contributed by atoms with van der Waals surface area (Å²) in [7, 11) is 1.30. The highest BCUT2D eigenvalue weighted by Gasteiger charge is 2.16. The van der Waals surface area contributed by atoms with Gasteiger partial charge in [0.2, 0.25) is 0 Å². The lowest BCUT2D eigenvalue weighted by Crippen LogP contribution is -2.32. The van der Waals surface area contributed by atoms with Crippen LogP contribution in [0.5, 0.6) is 0 Å². The Balaban J connectivity index is 2.66. The highest BCUT2D eigenvalue weighted by molar-refractivity contribution is 6.31. The minimum atomic E-state index is -0.553. The minimum absolute atomic E-state index is 0.217. The summed E-state index contributed by atoms with van der Waals surface area (Å²) in [4.78, 5) is 22.8. The van der Waals surface area contributed by atoms with Crippen LogP contribution in [0, 0.1) is 0 Å². The molecule has 0 aliphatic rings. The Labute approximate surface area is 123 Å². The number of rotatable bonds is 3. The van der Waals surface area contributed by atoms with Crippen molar-refractivity contribution in [3.8, 4) is 0 Å². The summed E-state index contributed by atoms with van der Waals surface area (Å²) in [5.41, 5.74) is 0.492. The van der Waals surface area contributed by atoms with E-state index < -0.39 is 17.7 Å². The Morgan fingerprint density at radius 1 is 1.30 bits per heavy atom. The van der Waals surface area contributed by atoms with E-state index in [1.54, 1.807) is 32.9 Å². The predicted molar refractivity (Wildman–Crippen MR) is 75.9 cm³/mol. The maximum absolute atomic E-state index is 11.5. The molecule has 0 bridgehead atoms. The fourth-order valence-electron chi connectivity index (χ4n) is 1.42. The topological polar surface area (TPSA) is 64.6 Å². The second kappa shape index (κ2) is 6.61. The summed E-state index contributed by atoms with van der Waals surface area (Å²) >= 11 is 6.05. The minimum Gasteiger partial charge on any atom is -0.465 e. The lowest BCUT2D eigenvalue weighted by Gasteiger charge is -2.19. The van der Waals surface area contributed by atoms with E-state index in [2.05, 4.69) is 10.1 Å². The van der Waals surface area contributed by atoms with E-state index in [-0.39, 0.29) is 6.54 Å². The molecule has 0 aliphatic heterocycles. The fourth-order valence-corrected chi connectivity index (χ4v) is 1.66. The van der Waals surface area contributed by atoms with E-state index in [1.165, 1.54) is 13.2 Å². The van der Waals surface area contributed by atoms with Gasteiger partial charge in [0.05, 0.1) is 12.7 Å². The molecule has 6 heteroatoms. The second-order valence-electron chi connectivity index (χ2n) is 5.15. The van der Waals surface area contributed by atoms with Crippen LogP contribution >= 0.6 is 11.6 Å². The van der Waals surface area contributed by atoms with Gasteiger partial charge in [-0.05, 0) is 38.5 Å². The molecule has 5 nitrogen and oxygen atoms in total. The molecule has 1 aromatic carbocycles. The molecule has 1 amide bonds. The van der Waals surface area contributed by atoms with Gasteiger partial charge in [0.25, 0.3) is 0 Å². The zero-order chi connectivity index (χ0) is 15.3. The van der Waals surface area contributed by atoms with Gasteiger partial charge in [-0.1, -0.05) is 17.7 Å². The van der Waals surface area contributed by atoms with Crippen molar-refractivity contribution in [3.63, 3.8) is 0 Å². The number of carbonyl (C=O) groups excluding carboxylic acids is 2. The number of esters is 1. The number of ether oxygens (including phenoxy) is 2. The van der Waals surface area contributed by atoms with Crippen molar-refractivity contribution in [2.75, 3.05) is 7.11 Å². The standard InChI is InChI=1S/C14H18ClNO4/c1-14(2,3)20-13(18)16-8-10-6-5-9(7-11(10)15)12(17)19-4/h5-7H,8H2,1-4H3,(H,16,18). The highest BCUT2D eigenvalue weighted by atomic mass is 35.5. The van der Waals surface area contributed by atoms with Crippen molar-refractivity contribution in [2.45, 2.75) is 32.9 Å². The number of hydrogen-bond donors (Lipinski definition) is 1. The molecular weight excluding hydrogens is 282 g/mol. The van der Waals surface area contributed by atoms with Crippen LogP contribution in [0.2, 0.25) is 5.02 Å². The number of benzene rings is 1. The number of nitrogens with one attached hydrogen (secondary N) is 1. The Morgan fingerprint density at radius 3 is 2.45 bits per heavy atom.